The van der Waals surface area contributed by atoms with Crippen molar-refractivity contribution >= 4 is 23.5 Å². The summed E-state index contributed by atoms with van der Waals surface area (Å²) in [4.78, 5) is 38.5. The summed E-state index contributed by atoms with van der Waals surface area (Å²) in [5.41, 5.74) is 0.904. The molecule has 0 unspecified atom stereocenters. The summed E-state index contributed by atoms with van der Waals surface area (Å²) < 4.78 is 10.2. The third kappa shape index (κ3) is 5.33. The van der Waals surface area contributed by atoms with E-state index in [1.807, 2.05) is 13.8 Å². The number of nitrogens with one attached hydrogen (secondary N) is 1. The van der Waals surface area contributed by atoms with Crippen LogP contribution in [-0.4, -0.2) is 49.5 Å². The minimum absolute atomic E-state index is 0.178. The zero-order chi connectivity index (χ0) is 20.5. The largest absolute Gasteiger partial charge is 0.497 e. The maximum Gasteiger partial charge on any atom is 0.340 e. The fraction of sp³-hybridized carbons (Fsp3) is 0.286. The lowest BCUT2D eigenvalue weighted by atomic mass is 10.1. The normalized spacial score (nSPS) is 10.1. The summed E-state index contributed by atoms with van der Waals surface area (Å²) in [5, 5.41) is 2.70. The molecule has 1 N–H and O–H groups in total. The number of anilines is 1. The molecule has 148 valence electrons. The molecular formula is C21H24N2O5. The van der Waals surface area contributed by atoms with Gasteiger partial charge in [-0.3, -0.25) is 9.59 Å². The number of hydrogen-bond acceptors (Lipinski definition) is 5. The lowest BCUT2D eigenvalue weighted by molar-refractivity contribution is -0.134. The SMILES string of the molecule is CCN(CC)C(=O)COC(=O)c1ccccc1NC(=O)c1ccc(OC)cc1. The van der Waals surface area contributed by atoms with Crippen molar-refractivity contribution in [2.75, 3.05) is 32.1 Å². The van der Waals surface area contributed by atoms with Crippen LogP contribution in [0.1, 0.15) is 34.6 Å². The molecule has 2 aromatic carbocycles. The summed E-state index contributed by atoms with van der Waals surface area (Å²) in [5.74, 6) is -0.676. The molecule has 0 radical (unpaired) electrons. The highest BCUT2D eigenvalue weighted by Crippen LogP contribution is 2.18. The van der Waals surface area contributed by atoms with Crippen molar-refractivity contribution in [3.05, 3.63) is 59.7 Å². The summed E-state index contributed by atoms with van der Waals surface area (Å²) in [6.07, 6.45) is 0. The molecule has 2 rings (SSSR count). The van der Waals surface area contributed by atoms with Gasteiger partial charge < -0.3 is 19.7 Å². The maximum atomic E-state index is 12.5. The first-order valence-corrected chi connectivity index (χ1v) is 8.99. The Morgan fingerprint density at radius 3 is 2.21 bits per heavy atom. The van der Waals surface area contributed by atoms with E-state index in [1.165, 1.54) is 6.07 Å². The summed E-state index contributed by atoms with van der Waals surface area (Å²) >= 11 is 0. The first-order chi connectivity index (χ1) is 13.5. The van der Waals surface area contributed by atoms with E-state index < -0.39 is 5.97 Å². The van der Waals surface area contributed by atoms with Crippen molar-refractivity contribution in [1.29, 1.82) is 0 Å². The minimum atomic E-state index is -0.675. The Balaban J connectivity index is 2.08. The average molecular weight is 384 g/mol. The third-order valence-corrected chi connectivity index (χ3v) is 4.19. The van der Waals surface area contributed by atoms with Gasteiger partial charge in [0.25, 0.3) is 11.8 Å². The van der Waals surface area contributed by atoms with Gasteiger partial charge in [-0.1, -0.05) is 12.1 Å². The van der Waals surface area contributed by atoms with Crippen molar-refractivity contribution < 1.29 is 23.9 Å². The number of carbonyl (C=O) groups is 3. The molecule has 2 aromatic rings. The van der Waals surface area contributed by atoms with Crippen LogP contribution in [0.3, 0.4) is 0 Å². The first-order valence-electron chi connectivity index (χ1n) is 8.99. The second kappa shape index (κ2) is 10.1. The van der Waals surface area contributed by atoms with Gasteiger partial charge in [-0.2, -0.15) is 0 Å². The minimum Gasteiger partial charge on any atom is -0.497 e. The van der Waals surface area contributed by atoms with E-state index in [9.17, 15) is 14.4 Å². The highest BCUT2D eigenvalue weighted by molar-refractivity contribution is 6.08. The van der Waals surface area contributed by atoms with E-state index >= 15 is 0 Å². The molecule has 0 fully saturated rings. The lowest BCUT2D eigenvalue weighted by Gasteiger charge is -2.18. The van der Waals surface area contributed by atoms with Gasteiger partial charge in [-0.25, -0.2) is 4.79 Å². The molecule has 0 aliphatic carbocycles. The molecule has 0 aromatic heterocycles. The Morgan fingerprint density at radius 1 is 0.964 bits per heavy atom. The number of rotatable bonds is 8. The van der Waals surface area contributed by atoms with E-state index in [4.69, 9.17) is 9.47 Å². The highest BCUT2D eigenvalue weighted by atomic mass is 16.5. The third-order valence-electron chi connectivity index (χ3n) is 4.19. The fourth-order valence-electron chi connectivity index (χ4n) is 2.58. The van der Waals surface area contributed by atoms with E-state index in [0.717, 1.165) is 0 Å². The number of benzene rings is 2. The van der Waals surface area contributed by atoms with E-state index in [2.05, 4.69) is 5.32 Å². The molecule has 0 heterocycles. The second-order valence-corrected chi connectivity index (χ2v) is 5.87. The van der Waals surface area contributed by atoms with Crippen molar-refractivity contribution in [3.63, 3.8) is 0 Å². The maximum absolute atomic E-state index is 12.5. The van der Waals surface area contributed by atoms with Crippen molar-refractivity contribution in [2.45, 2.75) is 13.8 Å². The molecule has 2 amide bonds. The number of carbonyl (C=O) groups excluding carboxylic acids is 3. The molecule has 0 aliphatic rings. The molecule has 7 heteroatoms. The zero-order valence-electron chi connectivity index (χ0n) is 16.2. The number of ether oxygens (including phenoxy) is 2. The van der Waals surface area contributed by atoms with Crippen LogP contribution in [0.15, 0.2) is 48.5 Å². The van der Waals surface area contributed by atoms with Gasteiger partial charge in [0.2, 0.25) is 0 Å². The number of hydrogen-bond donors (Lipinski definition) is 1. The highest BCUT2D eigenvalue weighted by Gasteiger charge is 2.18. The number of amides is 2. The van der Waals surface area contributed by atoms with Gasteiger partial charge >= 0.3 is 5.97 Å². The van der Waals surface area contributed by atoms with Crippen LogP contribution in [-0.2, 0) is 9.53 Å². The molecule has 0 aliphatic heterocycles. The van der Waals surface area contributed by atoms with Gasteiger partial charge in [-0.05, 0) is 50.2 Å². The number of esters is 1. The Kier molecular flexibility index (Phi) is 7.56. The zero-order valence-corrected chi connectivity index (χ0v) is 16.2. The molecule has 0 saturated heterocycles. The average Bonchev–Trinajstić information content (AvgIpc) is 2.73. The van der Waals surface area contributed by atoms with Gasteiger partial charge in [-0.15, -0.1) is 0 Å². The van der Waals surface area contributed by atoms with Crippen LogP contribution in [0.4, 0.5) is 5.69 Å². The molecule has 28 heavy (non-hydrogen) atoms. The van der Waals surface area contributed by atoms with E-state index in [1.54, 1.807) is 54.5 Å². The summed E-state index contributed by atoms with van der Waals surface area (Å²) in [6, 6.07) is 13.1. The molecule has 0 atom stereocenters. The van der Waals surface area contributed by atoms with Crippen LogP contribution in [0.5, 0.6) is 5.75 Å². The predicted octanol–water partition coefficient (Wildman–Crippen LogP) is 2.97. The number of methoxy groups -OCH3 is 1. The second-order valence-electron chi connectivity index (χ2n) is 5.87. The molecule has 0 spiro atoms. The van der Waals surface area contributed by atoms with Gasteiger partial charge in [0.1, 0.15) is 5.75 Å². The Labute approximate surface area is 164 Å². The van der Waals surface area contributed by atoms with Crippen molar-refractivity contribution in [3.8, 4) is 5.75 Å². The van der Waals surface area contributed by atoms with Gasteiger partial charge in [0.05, 0.1) is 18.4 Å². The van der Waals surface area contributed by atoms with E-state index in [-0.39, 0.29) is 24.0 Å². The van der Waals surface area contributed by atoms with Crippen molar-refractivity contribution in [2.24, 2.45) is 0 Å². The molecule has 0 bridgehead atoms. The Morgan fingerprint density at radius 2 is 1.61 bits per heavy atom. The number of nitrogens with zero attached hydrogens (tertiary/aromatic N) is 1. The van der Waals surface area contributed by atoms with Gasteiger partial charge in [0, 0.05) is 18.7 Å². The first kappa shape index (κ1) is 21.0. The summed E-state index contributed by atoms with van der Waals surface area (Å²) in [7, 11) is 1.54. The van der Waals surface area contributed by atoms with Crippen LogP contribution in [0.25, 0.3) is 0 Å². The standard InChI is InChI=1S/C21H24N2O5/c1-4-23(5-2)19(24)14-28-21(26)17-8-6-7-9-18(17)22-20(25)15-10-12-16(27-3)13-11-15/h6-13H,4-5,14H2,1-3H3,(H,22,25). The molecular weight excluding hydrogens is 360 g/mol. The number of para-hydroxylation sites is 1. The van der Waals surface area contributed by atoms with Crippen LogP contribution >= 0.6 is 0 Å². The topological polar surface area (TPSA) is 84.9 Å². The van der Waals surface area contributed by atoms with Crippen LogP contribution in [0.2, 0.25) is 0 Å². The smallest absolute Gasteiger partial charge is 0.340 e. The predicted molar refractivity (Wildman–Crippen MR) is 106 cm³/mol. The van der Waals surface area contributed by atoms with Crippen LogP contribution < -0.4 is 10.1 Å². The Hall–Kier alpha value is -3.35. The monoisotopic (exact) mass is 384 g/mol. The quantitative estimate of drug-likeness (QED) is 0.708. The van der Waals surface area contributed by atoms with E-state index in [0.29, 0.717) is 30.1 Å². The fourth-order valence-corrected chi connectivity index (χ4v) is 2.58. The lowest BCUT2D eigenvalue weighted by Crippen LogP contribution is -2.34. The van der Waals surface area contributed by atoms with Crippen molar-refractivity contribution in [1.82, 2.24) is 4.90 Å². The molecule has 0 saturated carbocycles. The van der Waals surface area contributed by atoms with Crippen LogP contribution in [0, 0.1) is 0 Å². The summed E-state index contributed by atoms with van der Waals surface area (Å²) in [6.45, 7) is 4.45. The van der Waals surface area contributed by atoms with Gasteiger partial charge in [0.15, 0.2) is 6.61 Å². The Bertz CT molecular complexity index is 829. The molecule has 7 nitrogen and oxygen atoms in total. The number of likely N-dealkylation sites (N-methyl/N-ethyl adjacent to an activating group) is 1.